The molecule has 0 radical (unpaired) electrons. The second-order valence-corrected chi connectivity index (χ2v) is 10.9. The van der Waals surface area contributed by atoms with E-state index in [1.807, 2.05) is 6.07 Å². The Balaban J connectivity index is 1.23. The van der Waals surface area contributed by atoms with Gasteiger partial charge in [0.05, 0.1) is 34.9 Å². The van der Waals surface area contributed by atoms with Crippen LogP contribution in [-0.2, 0) is 30.5 Å². The molecule has 1 atom stereocenters. The van der Waals surface area contributed by atoms with Gasteiger partial charge in [0.15, 0.2) is 0 Å². The maximum absolute atomic E-state index is 12.6. The summed E-state index contributed by atoms with van der Waals surface area (Å²) in [5.41, 5.74) is 1.52. The van der Waals surface area contributed by atoms with E-state index in [1.54, 1.807) is 58.8 Å². The fourth-order valence-corrected chi connectivity index (χ4v) is 5.63. The standard InChI is InChI=1S/C27H32N6O6S2/c1-36-18-8-10-20(38-3)16(12-18)14-22(34)28-26-32-30-24(40-26)6-5-7-25-31-33-27(41-25)29-23(35)15-17-13-19(37-2)9-11-21(17)39-4/h8-13,22,34H,5-7,14-15H2,1-4H3,(H,28,32)(H,29,33,35). The third-order valence-corrected chi connectivity index (χ3v) is 7.80. The number of methoxy groups -OCH3 is 4. The van der Waals surface area contributed by atoms with Crippen LogP contribution >= 0.6 is 22.7 Å². The molecule has 2 aromatic heterocycles. The van der Waals surface area contributed by atoms with Crippen molar-refractivity contribution in [2.24, 2.45) is 0 Å². The van der Waals surface area contributed by atoms with E-state index in [1.165, 1.54) is 22.7 Å². The van der Waals surface area contributed by atoms with Gasteiger partial charge in [0, 0.05) is 30.4 Å². The minimum Gasteiger partial charge on any atom is -0.497 e. The Morgan fingerprint density at radius 3 is 1.98 bits per heavy atom. The molecular formula is C27H32N6O6S2. The molecule has 0 saturated heterocycles. The molecule has 0 saturated carbocycles. The first-order valence-electron chi connectivity index (χ1n) is 12.7. The fraction of sp³-hybridized carbons (Fsp3) is 0.370. The summed E-state index contributed by atoms with van der Waals surface area (Å²) in [4.78, 5) is 12.6. The number of carbonyl (C=O) groups is 1. The van der Waals surface area contributed by atoms with Crippen molar-refractivity contribution in [2.75, 3.05) is 39.1 Å². The number of ether oxygens (including phenoxy) is 4. The van der Waals surface area contributed by atoms with Crippen molar-refractivity contribution in [2.45, 2.75) is 38.3 Å². The summed E-state index contributed by atoms with van der Waals surface area (Å²) in [6, 6.07) is 10.8. The molecule has 2 heterocycles. The van der Waals surface area contributed by atoms with Crippen LogP contribution in [0.3, 0.4) is 0 Å². The molecule has 14 heteroatoms. The van der Waals surface area contributed by atoms with Gasteiger partial charge in [0.1, 0.15) is 39.2 Å². The summed E-state index contributed by atoms with van der Waals surface area (Å²) in [5, 5.41) is 35.6. The number of hydrogen-bond donors (Lipinski definition) is 3. The maximum atomic E-state index is 12.6. The van der Waals surface area contributed by atoms with Crippen LogP contribution in [0.15, 0.2) is 36.4 Å². The quantitative estimate of drug-likeness (QED) is 0.171. The molecule has 0 aliphatic heterocycles. The lowest BCUT2D eigenvalue weighted by Crippen LogP contribution is -2.21. The van der Waals surface area contributed by atoms with E-state index in [0.717, 1.165) is 22.0 Å². The van der Waals surface area contributed by atoms with Gasteiger partial charge in [0.25, 0.3) is 0 Å². The highest BCUT2D eigenvalue weighted by molar-refractivity contribution is 7.15. The first kappa shape index (κ1) is 30.0. The third-order valence-electron chi connectivity index (χ3n) is 5.99. The van der Waals surface area contributed by atoms with Gasteiger partial charge in [0.2, 0.25) is 16.2 Å². The number of anilines is 2. The Kier molecular flexibility index (Phi) is 10.6. The number of aromatic nitrogens is 4. The highest BCUT2D eigenvalue weighted by Gasteiger charge is 2.15. The molecule has 0 aliphatic carbocycles. The predicted molar refractivity (Wildman–Crippen MR) is 157 cm³/mol. The van der Waals surface area contributed by atoms with Gasteiger partial charge in [-0.15, -0.1) is 20.4 Å². The van der Waals surface area contributed by atoms with Crippen LogP contribution < -0.4 is 29.6 Å². The Bertz CT molecular complexity index is 1450. The molecule has 2 aromatic carbocycles. The third kappa shape index (κ3) is 8.49. The molecule has 4 aromatic rings. The number of aliphatic hydroxyl groups excluding tert-OH is 1. The van der Waals surface area contributed by atoms with Crippen LogP contribution in [0.1, 0.15) is 27.6 Å². The molecular weight excluding hydrogens is 568 g/mol. The van der Waals surface area contributed by atoms with Crippen molar-refractivity contribution in [3.05, 3.63) is 57.5 Å². The number of nitrogens with zero attached hydrogens (tertiary/aromatic N) is 4. The molecule has 0 aliphatic rings. The number of nitrogens with one attached hydrogen (secondary N) is 2. The lowest BCUT2D eigenvalue weighted by molar-refractivity contribution is -0.115. The molecule has 3 N–H and O–H groups in total. The van der Waals surface area contributed by atoms with Crippen LogP contribution in [-0.4, -0.2) is 66.1 Å². The Morgan fingerprint density at radius 1 is 0.805 bits per heavy atom. The van der Waals surface area contributed by atoms with Crippen molar-refractivity contribution >= 4 is 38.8 Å². The van der Waals surface area contributed by atoms with Crippen LogP contribution in [0.5, 0.6) is 23.0 Å². The van der Waals surface area contributed by atoms with Crippen molar-refractivity contribution in [1.82, 2.24) is 20.4 Å². The van der Waals surface area contributed by atoms with Gasteiger partial charge in [-0.3, -0.25) is 4.79 Å². The summed E-state index contributed by atoms with van der Waals surface area (Å²) in [5.74, 6) is 2.39. The highest BCUT2D eigenvalue weighted by Crippen LogP contribution is 2.27. The van der Waals surface area contributed by atoms with E-state index < -0.39 is 6.23 Å². The number of aryl methyl sites for hydroxylation is 2. The molecule has 1 amide bonds. The number of hydrogen-bond acceptors (Lipinski definition) is 13. The Morgan fingerprint density at radius 2 is 1.37 bits per heavy atom. The summed E-state index contributed by atoms with van der Waals surface area (Å²) in [6.07, 6.45) is 1.69. The predicted octanol–water partition coefficient (Wildman–Crippen LogP) is 3.75. The van der Waals surface area contributed by atoms with Gasteiger partial charge in [-0.2, -0.15) is 0 Å². The molecule has 41 heavy (non-hydrogen) atoms. The lowest BCUT2D eigenvalue weighted by Gasteiger charge is -2.15. The summed E-state index contributed by atoms with van der Waals surface area (Å²) >= 11 is 2.72. The van der Waals surface area contributed by atoms with Crippen molar-refractivity contribution in [3.8, 4) is 23.0 Å². The van der Waals surface area contributed by atoms with E-state index in [-0.39, 0.29) is 12.3 Å². The van der Waals surface area contributed by atoms with Crippen LogP contribution in [0, 0.1) is 0 Å². The normalized spacial score (nSPS) is 11.5. The average Bonchev–Trinajstić information content (AvgIpc) is 3.61. The number of benzene rings is 2. The van der Waals surface area contributed by atoms with E-state index in [2.05, 4.69) is 31.0 Å². The molecule has 0 fully saturated rings. The summed E-state index contributed by atoms with van der Waals surface area (Å²) in [7, 11) is 6.31. The molecule has 1 unspecified atom stereocenters. The monoisotopic (exact) mass is 600 g/mol. The summed E-state index contributed by atoms with van der Waals surface area (Å²) in [6.45, 7) is 0. The van der Waals surface area contributed by atoms with E-state index in [9.17, 15) is 9.90 Å². The molecule has 0 bridgehead atoms. The number of aliphatic hydroxyl groups is 1. The molecule has 12 nitrogen and oxygen atoms in total. The van der Waals surface area contributed by atoms with Crippen molar-refractivity contribution in [1.29, 1.82) is 0 Å². The molecule has 4 rings (SSSR count). The van der Waals surface area contributed by atoms with Crippen LogP contribution in [0.4, 0.5) is 10.3 Å². The first-order valence-corrected chi connectivity index (χ1v) is 14.3. The minimum absolute atomic E-state index is 0.116. The molecule has 218 valence electrons. The van der Waals surface area contributed by atoms with Crippen LogP contribution in [0.2, 0.25) is 0 Å². The second kappa shape index (κ2) is 14.6. The SMILES string of the molecule is COc1ccc(OC)c(CC(=O)Nc2nnc(CCCc3nnc(NC(O)Cc4cc(OC)ccc4OC)s3)s2)c1. The number of carbonyl (C=O) groups excluding carboxylic acids is 1. The summed E-state index contributed by atoms with van der Waals surface area (Å²) < 4.78 is 21.2. The van der Waals surface area contributed by atoms with Gasteiger partial charge >= 0.3 is 0 Å². The largest absolute Gasteiger partial charge is 0.497 e. The smallest absolute Gasteiger partial charge is 0.230 e. The zero-order valence-electron chi connectivity index (χ0n) is 23.2. The van der Waals surface area contributed by atoms with Crippen molar-refractivity contribution in [3.63, 3.8) is 0 Å². The van der Waals surface area contributed by atoms with E-state index in [4.69, 9.17) is 18.9 Å². The maximum Gasteiger partial charge on any atom is 0.230 e. The van der Waals surface area contributed by atoms with Gasteiger partial charge in [-0.1, -0.05) is 22.7 Å². The van der Waals surface area contributed by atoms with Gasteiger partial charge in [-0.05, 0) is 42.8 Å². The lowest BCUT2D eigenvalue weighted by atomic mass is 10.1. The highest BCUT2D eigenvalue weighted by atomic mass is 32.1. The minimum atomic E-state index is -0.878. The average molecular weight is 601 g/mol. The topological polar surface area (TPSA) is 150 Å². The first-order chi connectivity index (χ1) is 19.9. The fourth-order valence-electron chi connectivity index (χ4n) is 4.01. The Hall–Kier alpha value is -4.01. The second-order valence-electron chi connectivity index (χ2n) is 8.80. The van der Waals surface area contributed by atoms with E-state index in [0.29, 0.717) is 58.1 Å². The Labute approximate surface area is 245 Å². The molecule has 0 spiro atoms. The van der Waals surface area contributed by atoms with E-state index >= 15 is 0 Å². The number of amides is 1. The van der Waals surface area contributed by atoms with Crippen molar-refractivity contribution < 1.29 is 28.8 Å². The van der Waals surface area contributed by atoms with Crippen LogP contribution in [0.25, 0.3) is 0 Å². The zero-order valence-corrected chi connectivity index (χ0v) is 24.8. The van der Waals surface area contributed by atoms with Gasteiger partial charge < -0.3 is 34.7 Å². The van der Waals surface area contributed by atoms with Gasteiger partial charge in [-0.25, -0.2) is 0 Å². The zero-order chi connectivity index (χ0) is 29.2. The number of rotatable bonds is 15.